The van der Waals surface area contributed by atoms with E-state index in [1.807, 2.05) is 6.92 Å². The third-order valence-corrected chi connectivity index (χ3v) is 6.70. The maximum Gasteiger partial charge on any atom is 0.306 e. The Morgan fingerprint density at radius 3 is 2.36 bits per heavy atom. The van der Waals surface area contributed by atoms with Gasteiger partial charge in [-0.05, 0) is 62.3 Å². The molecule has 0 spiro atoms. The number of benzene rings is 1. The van der Waals surface area contributed by atoms with E-state index in [0.717, 1.165) is 36.6 Å². The predicted molar refractivity (Wildman–Crippen MR) is 101 cm³/mol. The summed E-state index contributed by atoms with van der Waals surface area (Å²) < 4.78 is 33.0. The zero-order chi connectivity index (χ0) is 18.3. The second-order valence-corrected chi connectivity index (χ2v) is 9.22. The Morgan fingerprint density at radius 2 is 1.76 bits per heavy atom. The van der Waals surface area contributed by atoms with Crippen molar-refractivity contribution in [1.82, 2.24) is 4.72 Å². The van der Waals surface area contributed by atoms with Crippen LogP contribution in [0.15, 0.2) is 33.6 Å². The van der Waals surface area contributed by atoms with Crippen molar-refractivity contribution in [1.29, 1.82) is 0 Å². The molecular formula is C18H26BrNO4S. The molecule has 0 radical (unpaired) electrons. The molecule has 1 N–H and O–H groups in total. The smallest absolute Gasteiger partial charge is 0.306 e. The van der Waals surface area contributed by atoms with Crippen LogP contribution in [0.25, 0.3) is 0 Å². The van der Waals surface area contributed by atoms with Gasteiger partial charge in [0.05, 0.1) is 11.5 Å². The van der Waals surface area contributed by atoms with Gasteiger partial charge < -0.3 is 4.74 Å². The van der Waals surface area contributed by atoms with Crippen LogP contribution in [0.2, 0.25) is 0 Å². The largest absolute Gasteiger partial charge is 0.466 e. The summed E-state index contributed by atoms with van der Waals surface area (Å²) in [5.41, 5.74) is 0. The number of sulfonamides is 1. The number of hydrogen-bond donors (Lipinski definition) is 1. The Bertz CT molecular complexity index is 652. The third-order valence-electron chi connectivity index (χ3n) is 4.70. The molecule has 7 heteroatoms. The van der Waals surface area contributed by atoms with Crippen molar-refractivity contribution in [2.75, 3.05) is 13.2 Å². The molecule has 25 heavy (non-hydrogen) atoms. The molecule has 0 aromatic heterocycles. The first-order valence-electron chi connectivity index (χ1n) is 8.81. The lowest BCUT2D eigenvalue weighted by atomic mass is 9.79. The second-order valence-electron chi connectivity index (χ2n) is 6.54. The maximum absolute atomic E-state index is 12.2. The van der Waals surface area contributed by atoms with Gasteiger partial charge in [0, 0.05) is 17.4 Å². The maximum atomic E-state index is 12.2. The Hall–Kier alpha value is -0.920. The fourth-order valence-corrected chi connectivity index (χ4v) is 4.59. The van der Waals surface area contributed by atoms with Crippen molar-refractivity contribution in [3.05, 3.63) is 28.7 Å². The fourth-order valence-electron chi connectivity index (χ4n) is 3.27. The summed E-state index contributed by atoms with van der Waals surface area (Å²) in [4.78, 5) is 11.8. The van der Waals surface area contributed by atoms with E-state index in [-0.39, 0.29) is 10.9 Å². The average molecular weight is 432 g/mol. The number of halogens is 1. The molecule has 0 saturated heterocycles. The molecule has 2 rings (SSSR count). The van der Waals surface area contributed by atoms with E-state index in [1.165, 1.54) is 0 Å². The van der Waals surface area contributed by atoms with E-state index >= 15 is 0 Å². The SMILES string of the molecule is CCOC(=O)CC1CCC(CCNS(=O)(=O)c2ccc(Br)cc2)CC1. The zero-order valence-electron chi connectivity index (χ0n) is 14.5. The summed E-state index contributed by atoms with van der Waals surface area (Å²) >= 11 is 3.30. The normalized spacial score (nSPS) is 21.0. The van der Waals surface area contributed by atoms with Crippen LogP contribution in [0, 0.1) is 11.8 Å². The molecule has 0 bridgehead atoms. The van der Waals surface area contributed by atoms with E-state index in [4.69, 9.17) is 4.74 Å². The quantitative estimate of drug-likeness (QED) is 0.633. The van der Waals surface area contributed by atoms with Crippen molar-refractivity contribution >= 4 is 31.9 Å². The van der Waals surface area contributed by atoms with Gasteiger partial charge in [0.2, 0.25) is 10.0 Å². The highest BCUT2D eigenvalue weighted by Crippen LogP contribution is 2.32. The van der Waals surface area contributed by atoms with Crippen LogP contribution in [0.1, 0.15) is 45.4 Å². The Balaban J connectivity index is 1.71. The molecule has 5 nitrogen and oxygen atoms in total. The van der Waals surface area contributed by atoms with Gasteiger partial charge in [-0.3, -0.25) is 4.79 Å². The van der Waals surface area contributed by atoms with Crippen LogP contribution in [0.3, 0.4) is 0 Å². The van der Waals surface area contributed by atoms with Gasteiger partial charge in [-0.2, -0.15) is 0 Å². The number of ether oxygens (including phenoxy) is 1. The molecule has 1 fully saturated rings. The summed E-state index contributed by atoms with van der Waals surface area (Å²) in [6.45, 7) is 2.71. The van der Waals surface area contributed by atoms with Gasteiger partial charge >= 0.3 is 5.97 Å². The number of carbonyl (C=O) groups excluding carboxylic acids is 1. The molecule has 0 unspecified atom stereocenters. The minimum Gasteiger partial charge on any atom is -0.466 e. The van der Waals surface area contributed by atoms with E-state index in [1.54, 1.807) is 24.3 Å². The van der Waals surface area contributed by atoms with Crippen LogP contribution in [0.5, 0.6) is 0 Å². The second kappa shape index (κ2) is 9.69. The molecule has 1 saturated carbocycles. The molecule has 0 amide bonds. The highest BCUT2D eigenvalue weighted by atomic mass is 79.9. The first-order chi connectivity index (χ1) is 11.9. The van der Waals surface area contributed by atoms with Crippen LogP contribution >= 0.6 is 15.9 Å². The van der Waals surface area contributed by atoms with E-state index in [2.05, 4.69) is 20.7 Å². The highest BCUT2D eigenvalue weighted by molar-refractivity contribution is 9.10. The first kappa shape index (κ1) is 20.4. The summed E-state index contributed by atoms with van der Waals surface area (Å²) in [7, 11) is -3.44. The topological polar surface area (TPSA) is 72.5 Å². The number of rotatable bonds is 8. The van der Waals surface area contributed by atoms with Crippen LogP contribution < -0.4 is 4.72 Å². The van der Waals surface area contributed by atoms with Gasteiger partial charge in [0.15, 0.2) is 0 Å². The Labute approximate surface area is 158 Å². The molecular weight excluding hydrogens is 406 g/mol. The molecule has 0 heterocycles. The summed E-state index contributed by atoms with van der Waals surface area (Å²) in [5, 5.41) is 0. The summed E-state index contributed by atoms with van der Waals surface area (Å²) in [6.07, 6.45) is 5.47. The number of nitrogens with one attached hydrogen (secondary N) is 1. The molecule has 140 valence electrons. The molecule has 1 aliphatic rings. The van der Waals surface area contributed by atoms with E-state index < -0.39 is 10.0 Å². The predicted octanol–water partition coefficient (Wildman–Crippen LogP) is 3.88. The lowest BCUT2D eigenvalue weighted by molar-refractivity contribution is -0.144. The van der Waals surface area contributed by atoms with Crippen LogP contribution in [-0.2, 0) is 19.6 Å². The van der Waals surface area contributed by atoms with Gasteiger partial charge in [-0.1, -0.05) is 28.8 Å². The number of esters is 1. The van der Waals surface area contributed by atoms with Crippen LogP contribution in [-0.4, -0.2) is 27.5 Å². The molecule has 0 aliphatic heterocycles. The molecule has 1 aliphatic carbocycles. The van der Waals surface area contributed by atoms with Crippen molar-refractivity contribution in [2.24, 2.45) is 11.8 Å². The van der Waals surface area contributed by atoms with Crippen LogP contribution in [0.4, 0.5) is 0 Å². The molecule has 0 atom stereocenters. The Morgan fingerprint density at radius 1 is 1.16 bits per heavy atom. The highest BCUT2D eigenvalue weighted by Gasteiger charge is 2.24. The van der Waals surface area contributed by atoms with Gasteiger partial charge in [-0.15, -0.1) is 0 Å². The Kier molecular flexibility index (Phi) is 7.90. The van der Waals surface area contributed by atoms with Crippen molar-refractivity contribution in [3.8, 4) is 0 Å². The summed E-state index contributed by atoms with van der Waals surface area (Å²) in [5.74, 6) is 0.828. The van der Waals surface area contributed by atoms with Crippen molar-refractivity contribution in [2.45, 2.75) is 50.3 Å². The summed E-state index contributed by atoms with van der Waals surface area (Å²) in [6, 6.07) is 6.62. The van der Waals surface area contributed by atoms with E-state index in [0.29, 0.717) is 31.4 Å². The van der Waals surface area contributed by atoms with Gasteiger partial charge in [0.25, 0.3) is 0 Å². The monoisotopic (exact) mass is 431 g/mol. The minimum atomic E-state index is -3.44. The zero-order valence-corrected chi connectivity index (χ0v) is 16.9. The lowest BCUT2D eigenvalue weighted by Gasteiger charge is -2.28. The van der Waals surface area contributed by atoms with E-state index in [9.17, 15) is 13.2 Å². The minimum absolute atomic E-state index is 0.104. The number of carbonyl (C=O) groups is 1. The fraction of sp³-hybridized carbons (Fsp3) is 0.611. The molecule has 1 aromatic carbocycles. The number of hydrogen-bond acceptors (Lipinski definition) is 4. The van der Waals surface area contributed by atoms with Crippen molar-refractivity contribution < 1.29 is 17.9 Å². The van der Waals surface area contributed by atoms with Gasteiger partial charge in [0.1, 0.15) is 0 Å². The third kappa shape index (κ3) is 6.72. The lowest BCUT2D eigenvalue weighted by Crippen LogP contribution is -2.27. The van der Waals surface area contributed by atoms with Gasteiger partial charge in [-0.25, -0.2) is 13.1 Å². The average Bonchev–Trinajstić information content (AvgIpc) is 2.57. The molecule has 1 aromatic rings. The standard InChI is InChI=1S/C18H26BrNO4S/c1-2-24-18(21)13-15-5-3-14(4-6-15)11-12-20-25(22,23)17-9-7-16(19)8-10-17/h7-10,14-15,20H,2-6,11-13H2,1H3. The first-order valence-corrected chi connectivity index (χ1v) is 11.1. The van der Waals surface area contributed by atoms with Crippen molar-refractivity contribution in [3.63, 3.8) is 0 Å².